The minimum absolute atomic E-state index is 0.0290. The van der Waals surface area contributed by atoms with Crippen molar-refractivity contribution in [3.05, 3.63) is 28.8 Å². The van der Waals surface area contributed by atoms with Gasteiger partial charge in [-0.1, -0.05) is 13.8 Å². The summed E-state index contributed by atoms with van der Waals surface area (Å²) in [6.45, 7) is 10.7. The molecule has 4 atom stereocenters. The number of hydrogen-bond acceptors (Lipinski definition) is 10. The van der Waals surface area contributed by atoms with Crippen LogP contribution in [0.2, 0.25) is 0 Å². The second kappa shape index (κ2) is 13.3. The molecule has 264 valence electrons. The van der Waals surface area contributed by atoms with Gasteiger partial charge in [-0.2, -0.15) is 18.2 Å². The molecule has 3 fully saturated rings. The molecule has 5 N–H and O–H groups in total. The van der Waals surface area contributed by atoms with Crippen molar-refractivity contribution in [3.8, 4) is 17.1 Å². The summed E-state index contributed by atoms with van der Waals surface area (Å²) in [4.78, 5) is 16.7. The molecule has 2 aromatic heterocycles. The van der Waals surface area contributed by atoms with E-state index in [0.29, 0.717) is 32.1 Å². The zero-order valence-corrected chi connectivity index (χ0v) is 27.8. The first-order valence-electron chi connectivity index (χ1n) is 16.0. The molecule has 3 aromatic rings. The van der Waals surface area contributed by atoms with Crippen LogP contribution in [0.25, 0.3) is 22.2 Å². The number of likely N-dealkylation sites (tertiary alicyclic amines) is 1. The van der Waals surface area contributed by atoms with Crippen LogP contribution in [-0.4, -0.2) is 89.6 Å². The summed E-state index contributed by atoms with van der Waals surface area (Å²) in [5.74, 6) is -2.92. The van der Waals surface area contributed by atoms with Crippen molar-refractivity contribution in [1.29, 1.82) is 0 Å². The molecule has 3 aliphatic heterocycles. The highest BCUT2D eigenvalue weighted by Crippen LogP contribution is 2.45. The van der Waals surface area contributed by atoms with Crippen LogP contribution in [0, 0.1) is 18.6 Å². The second-order valence-corrected chi connectivity index (χ2v) is 12.7. The van der Waals surface area contributed by atoms with Gasteiger partial charge in [0.1, 0.15) is 40.5 Å². The SMILES string of the molecule is CC.COC1CN(C2(C)CN(c3nc(N)c4c(OC(C)CC5CCN5)nc(-c5cc(N)c(F)c(C)c5C(F)(F)F)c(F)c4n3)C2)CC1F. The Kier molecular flexibility index (Phi) is 9.92. The molecule has 0 aliphatic carbocycles. The van der Waals surface area contributed by atoms with E-state index in [4.69, 9.17) is 20.9 Å². The number of benzene rings is 1. The molecular weight excluding hydrogens is 642 g/mol. The molecular formula is C32H42F6N8O2. The van der Waals surface area contributed by atoms with E-state index in [1.807, 2.05) is 25.7 Å². The van der Waals surface area contributed by atoms with E-state index in [1.54, 1.807) is 11.8 Å². The quantitative estimate of drug-likeness (QED) is 0.214. The first kappa shape index (κ1) is 35.7. The minimum Gasteiger partial charge on any atom is -0.474 e. The summed E-state index contributed by atoms with van der Waals surface area (Å²) in [5.41, 5.74) is 6.84. The smallest absolute Gasteiger partial charge is 0.417 e. The average Bonchev–Trinajstić information content (AvgIpc) is 3.38. The predicted octanol–water partition coefficient (Wildman–Crippen LogP) is 5.25. The van der Waals surface area contributed by atoms with Crippen LogP contribution in [0.4, 0.5) is 43.8 Å². The maximum Gasteiger partial charge on any atom is 0.417 e. The molecule has 10 nitrogen and oxygen atoms in total. The Bertz CT molecular complexity index is 1660. The molecule has 3 saturated heterocycles. The van der Waals surface area contributed by atoms with Gasteiger partial charge >= 0.3 is 6.18 Å². The number of ether oxygens (including phenoxy) is 2. The molecule has 5 heterocycles. The van der Waals surface area contributed by atoms with Crippen LogP contribution in [0.15, 0.2) is 6.07 Å². The van der Waals surface area contributed by atoms with Gasteiger partial charge in [-0.05, 0) is 51.8 Å². The van der Waals surface area contributed by atoms with Crippen molar-refractivity contribution in [2.24, 2.45) is 0 Å². The minimum atomic E-state index is -5.07. The Morgan fingerprint density at radius 1 is 1.10 bits per heavy atom. The molecule has 0 spiro atoms. The van der Waals surface area contributed by atoms with Gasteiger partial charge in [0.25, 0.3) is 0 Å². The van der Waals surface area contributed by atoms with Crippen molar-refractivity contribution in [2.45, 2.75) is 83.6 Å². The number of nitrogens with one attached hydrogen (secondary N) is 1. The number of hydrogen-bond donors (Lipinski definition) is 3. The lowest BCUT2D eigenvalue weighted by atomic mass is 9.90. The number of rotatable bonds is 8. The van der Waals surface area contributed by atoms with Crippen LogP contribution in [0.3, 0.4) is 0 Å². The Morgan fingerprint density at radius 2 is 1.77 bits per heavy atom. The molecule has 48 heavy (non-hydrogen) atoms. The molecule has 0 saturated carbocycles. The summed E-state index contributed by atoms with van der Waals surface area (Å²) in [6.07, 6.45) is -5.81. The fraction of sp³-hybridized carbons (Fsp3) is 0.594. The first-order chi connectivity index (χ1) is 22.6. The van der Waals surface area contributed by atoms with E-state index in [2.05, 4.69) is 20.3 Å². The van der Waals surface area contributed by atoms with Gasteiger partial charge in [-0.15, -0.1) is 0 Å². The van der Waals surface area contributed by atoms with Gasteiger partial charge in [0, 0.05) is 44.9 Å². The number of aromatic nitrogens is 3. The van der Waals surface area contributed by atoms with Crippen LogP contribution in [0.5, 0.6) is 5.88 Å². The number of nitrogens with zero attached hydrogens (tertiary/aromatic N) is 5. The number of fused-ring (bicyclic) bond motifs is 1. The number of alkyl halides is 4. The Hall–Kier alpha value is -3.63. The molecule has 1 aromatic carbocycles. The van der Waals surface area contributed by atoms with E-state index >= 15 is 4.39 Å². The van der Waals surface area contributed by atoms with Gasteiger partial charge in [0.15, 0.2) is 5.82 Å². The van der Waals surface area contributed by atoms with Crippen LogP contribution < -0.4 is 26.4 Å². The number of halogens is 6. The predicted molar refractivity (Wildman–Crippen MR) is 172 cm³/mol. The average molecular weight is 685 g/mol. The third kappa shape index (κ3) is 6.41. The van der Waals surface area contributed by atoms with E-state index < -0.39 is 75.3 Å². The van der Waals surface area contributed by atoms with Gasteiger partial charge in [-0.25, -0.2) is 23.1 Å². The van der Waals surface area contributed by atoms with E-state index in [-0.39, 0.29) is 35.6 Å². The zero-order chi connectivity index (χ0) is 35.3. The monoisotopic (exact) mass is 684 g/mol. The third-order valence-electron chi connectivity index (χ3n) is 9.30. The maximum atomic E-state index is 16.5. The summed E-state index contributed by atoms with van der Waals surface area (Å²) in [6, 6.07) is 0.878. The Morgan fingerprint density at radius 3 is 2.33 bits per heavy atom. The molecule has 0 radical (unpaired) electrons. The van der Waals surface area contributed by atoms with E-state index in [1.165, 1.54) is 7.11 Å². The molecule has 4 unspecified atom stereocenters. The molecule has 0 amide bonds. The van der Waals surface area contributed by atoms with Crippen molar-refractivity contribution < 1.29 is 35.8 Å². The molecule has 6 rings (SSSR count). The van der Waals surface area contributed by atoms with Crippen LogP contribution in [0.1, 0.15) is 51.7 Å². The molecule has 3 aliphatic rings. The fourth-order valence-corrected chi connectivity index (χ4v) is 6.63. The molecule has 16 heteroatoms. The highest BCUT2D eigenvalue weighted by atomic mass is 19.4. The lowest BCUT2D eigenvalue weighted by Gasteiger charge is -2.53. The number of methoxy groups -OCH3 is 1. The topological polar surface area (TPSA) is 128 Å². The summed E-state index contributed by atoms with van der Waals surface area (Å²) < 4.78 is 99.8. The highest BCUT2D eigenvalue weighted by Gasteiger charge is 2.50. The number of nitrogens with two attached hydrogens (primary N) is 2. The lowest BCUT2D eigenvalue weighted by Crippen LogP contribution is -2.68. The number of pyridine rings is 1. The van der Waals surface area contributed by atoms with Crippen molar-refractivity contribution >= 4 is 28.4 Å². The normalized spacial score (nSPS) is 22.9. The van der Waals surface area contributed by atoms with Crippen molar-refractivity contribution in [2.75, 3.05) is 56.2 Å². The van der Waals surface area contributed by atoms with Gasteiger partial charge in [-0.3, -0.25) is 4.90 Å². The van der Waals surface area contributed by atoms with Crippen LogP contribution >= 0.6 is 0 Å². The van der Waals surface area contributed by atoms with Crippen LogP contribution in [-0.2, 0) is 10.9 Å². The Labute approximate surface area is 275 Å². The standard InChI is InChI=1S/C30H36F6N8O2.C2H6/c1-13(7-15-5-6-39-15)46-27-20-25(23(33)24(40-27)16-8-18(37)22(32)14(2)21(16)30(34,35)36)41-28(42-26(20)38)43-11-29(3,12-43)44-9-17(31)19(10-44)45-4;1-2/h8,13,15,17,19,39H,5-7,9-12,37H2,1-4H3,(H2,38,41,42);1-2H3. The number of anilines is 3. The van der Waals surface area contributed by atoms with Gasteiger partial charge < -0.3 is 31.2 Å². The van der Waals surface area contributed by atoms with Crippen molar-refractivity contribution in [1.82, 2.24) is 25.2 Å². The van der Waals surface area contributed by atoms with E-state index in [0.717, 1.165) is 19.9 Å². The molecule has 0 bridgehead atoms. The third-order valence-corrected chi connectivity index (χ3v) is 9.30. The second-order valence-electron chi connectivity index (χ2n) is 12.7. The first-order valence-corrected chi connectivity index (χ1v) is 16.0. The summed E-state index contributed by atoms with van der Waals surface area (Å²) in [5, 5.41) is 3.14. The number of nitrogen functional groups attached to an aromatic ring is 2. The van der Waals surface area contributed by atoms with Gasteiger partial charge in [0.05, 0.1) is 22.9 Å². The van der Waals surface area contributed by atoms with Crippen molar-refractivity contribution in [3.63, 3.8) is 0 Å². The zero-order valence-electron chi connectivity index (χ0n) is 27.8. The largest absolute Gasteiger partial charge is 0.474 e. The summed E-state index contributed by atoms with van der Waals surface area (Å²) in [7, 11) is 1.46. The fourth-order valence-electron chi connectivity index (χ4n) is 6.63. The lowest BCUT2D eigenvalue weighted by molar-refractivity contribution is -0.137. The Balaban J connectivity index is 0.00000221. The van der Waals surface area contributed by atoms with Gasteiger partial charge in [0.2, 0.25) is 11.8 Å². The van der Waals surface area contributed by atoms with E-state index in [9.17, 15) is 22.0 Å². The summed E-state index contributed by atoms with van der Waals surface area (Å²) >= 11 is 0. The maximum absolute atomic E-state index is 16.5. The highest BCUT2D eigenvalue weighted by molar-refractivity contribution is 5.96.